The summed E-state index contributed by atoms with van der Waals surface area (Å²) in [4.78, 5) is 20.9. The zero-order valence-corrected chi connectivity index (χ0v) is 17.0. The third-order valence-corrected chi connectivity index (χ3v) is 4.41. The van der Waals surface area contributed by atoms with E-state index in [1.54, 1.807) is 55.6 Å². The number of carbonyl (C=O) groups excluding carboxylic acids is 1. The molecule has 4 aromatic rings. The summed E-state index contributed by atoms with van der Waals surface area (Å²) in [6.07, 6.45) is 5.25. The molecule has 0 atom stereocenters. The smallest absolute Gasteiger partial charge is 0.324 e. The van der Waals surface area contributed by atoms with E-state index in [0.717, 1.165) is 22.6 Å². The molecule has 0 bridgehead atoms. The van der Waals surface area contributed by atoms with Crippen molar-refractivity contribution < 1.29 is 9.53 Å². The van der Waals surface area contributed by atoms with Crippen LogP contribution in [0.5, 0.6) is 5.75 Å². The Morgan fingerprint density at radius 3 is 2.35 bits per heavy atom. The molecule has 2 aromatic heterocycles. The quantitative estimate of drug-likeness (QED) is 0.434. The van der Waals surface area contributed by atoms with Crippen molar-refractivity contribution in [3.05, 3.63) is 73.2 Å². The van der Waals surface area contributed by atoms with Crippen molar-refractivity contribution in [3.63, 3.8) is 0 Å². The minimum Gasteiger partial charge on any atom is -0.497 e. The normalized spacial score (nSPS) is 10.4. The number of carbonyl (C=O) groups is 1. The average Bonchev–Trinajstić information content (AvgIpc) is 3.19. The first kappa shape index (κ1) is 19.9. The summed E-state index contributed by atoms with van der Waals surface area (Å²) >= 11 is 0. The van der Waals surface area contributed by atoms with Gasteiger partial charge in [-0.05, 0) is 35.9 Å². The SMILES string of the molecule is COc1ccc(-c2cnc(Nc3cccc(NC(=O)Nc4ccn(C)n4)c3)nc2)cc1. The van der Waals surface area contributed by atoms with Crippen molar-refractivity contribution in [2.75, 3.05) is 23.1 Å². The number of methoxy groups -OCH3 is 1. The van der Waals surface area contributed by atoms with Crippen molar-refractivity contribution in [2.24, 2.45) is 7.05 Å². The summed E-state index contributed by atoms with van der Waals surface area (Å²) in [6, 6.07) is 16.3. The molecule has 2 aromatic carbocycles. The van der Waals surface area contributed by atoms with Gasteiger partial charge in [-0.1, -0.05) is 18.2 Å². The molecule has 156 valence electrons. The molecule has 0 unspecified atom stereocenters. The molecule has 0 spiro atoms. The molecule has 0 aliphatic rings. The standard InChI is InChI=1S/C22H21N7O2/c1-29-11-10-20(28-29)27-22(30)26-18-5-3-4-17(12-18)25-21-23-13-16(14-24-21)15-6-8-19(31-2)9-7-15/h3-14H,1-2H3,(H,23,24,25)(H2,26,27,28,30). The van der Waals surface area contributed by atoms with E-state index >= 15 is 0 Å². The van der Waals surface area contributed by atoms with Gasteiger partial charge in [-0.15, -0.1) is 0 Å². The number of aryl methyl sites for hydroxylation is 1. The fourth-order valence-electron chi connectivity index (χ4n) is 2.89. The number of urea groups is 1. The molecule has 0 radical (unpaired) electrons. The fraction of sp³-hybridized carbons (Fsp3) is 0.0909. The number of hydrogen-bond donors (Lipinski definition) is 3. The maximum absolute atomic E-state index is 12.1. The first-order valence-electron chi connectivity index (χ1n) is 9.50. The maximum atomic E-state index is 12.1. The lowest BCUT2D eigenvalue weighted by atomic mass is 10.1. The first-order chi connectivity index (χ1) is 15.1. The highest BCUT2D eigenvalue weighted by Crippen LogP contribution is 2.23. The Morgan fingerprint density at radius 1 is 0.935 bits per heavy atom. The van der Waals surface area contributed by atoms with Crippen LogP contribution in [0, 0.1) is 0 Å². The van der Waals surface area contributed by atoms with Crippen LogP contribution >= 0.6 is 0 Å². The predicted octanol–water partition coefficient (Wildman–Crippen LogP) is 4.27. The summed E-state index contributed by atoms with van der Waals surface area (Å²) in [6.45, 7) is 0. The second-order valence-corrected chi connectivity index (χ2v) is 6.68. The monoisotopic (exact) mass is 415 g/mol. The lowest BCUT2D eigenvalue weighted by molar-refractivity contribution is 0.262. The van der Waals surface area contributed by atoms with Gasteiger partial charge in [-0.2, -0.15) is 5.10 Å². The van der Waals surface area contributed by atoms with Gasteiger partial charge in [0.1, 0.15) is 5.75 Å². The number of rotatable bonds is 6. The summed E-state index contributed by atoms with van der Waals surface area (Å²) in [7, 11) is 3.42. The average molecular weight is 415 g/mol. The molecule has 0 aliphatic heterocycles. The van der Waals surface area contributed by atoms with Gasteiger partial charge >= 0.3 is 6.03 Å². The molecule has 3 N–H and O–H groups in total. The van der Waals surface area contributed by atoms with E-state index in [1.807, 2.05) is 36.4 Å². The van der Waals surface area contributed by atoms with E-state index in [1.165, 1.54) is 0 Å². The molecule has 0 saturated heterocycles. The van der Waals surface area contributed by atoms with E-state index in [-0.39, 0.29) is 6.03 Å². The molecule has 0 saturated carbocycles. The van der Waals surface area contributed by atoms with Crippen LogP contribution in [-0.4, -0.2) is 32.9 Å². The Labute approximate surface area is 179 Å². The lowest BCUT2D eigenvalue weighted by Crippen LogP contribution is -2.19. The first-order valence-corrected chi connectivity index (χ1v) is 9.50. The number of ether oxygens (including phenoxy) is 1. The van der Waals surface area contributed by atoms with Gasteiger partial charge in [0.05, 0.1) is 7.11 Å². The van der Waals surface area contributed by atoms with Crippen molar-refractivity contribution in [2.45, 2.75) is 0 Å². The van der Waals surface area contributed by atoms with E-state index < -0.39 is 0 Å². The number of anilines is 4. The van der Waals surface area contributed by atoms with Crippen LogP contribution in [0.25, 0.3) is 11.1 Å². The minimum atomic E-state index is -0.379. The molecule has 4 rings (SSSR count). The molecule has 0 fully saturated rings. The molecule has 2 heterocycles. The Bertz CT molecular complexity index is 1170. The number of benzene rings is 2. The third-order valence-electron chi connectivity index (χ3n) is 4.41. The fourth-order valence-corrected chi connectivity index (χ4v) is 2.89. The van der Waals surface area contributed by atoms with Crippen molar-refractivity contribution in [3.8, 4) is 16.9 Å². The number of aromatic nitrogens is 4. The second kappa shape index (κ2) is 8.95. The Morgan fingerprint density at radius 2 is 1.68 bits per heavy atom. The highest BCUT2D eigenvalue weighted by molar-refractivity contribution is 5.99. The number of hydrogen-bond acceptors (Lipinski definition) is 6. The van der Waals surface area contributed by atoms with Gasteiger partial charge in [0.25, 0.3) is 0 Å². The van der Waals surface area contributed by atoms with Gasteiger partial charge < -0.3 is 15.4 Å². The van der Waals surface area contributed by atoms with Crippen molar-refractivity contribution >= 4 is 29.2 Å². The lowest BCUT2D eigenvalue weighted by Gasteiger charge is -2.09. The topological polar surface area (TPSA) is 106 Å². The molecule has 31 heavy (non-hydrogen) atoms. The van der Waals surface area contributed by atoms with Gasteiger partial charge in [0, 0.05) is 48.6 Å². The Kier molecular flexibility index (Phi) is 5.75. The van der Waals surface area contributed by atoms with Crippen LogP contribution in [0.15, 0.2) is 73.2 Å². The minimum absolute atomic E-state index is 0.379. The second-order valence-electron chi connectivity index (χ2n) is 6.68. The third kappa shape index (κ3) is 5.15. The molecule has 9 nitrogen and oxygen atoms in total. The Hall–Kier alpha value is -4.40. The highest BCUT2D eigenvalue weighted by Gasteiger charge is 2.06. The van der Waals surface area contributed by atoms with E-state index in [9.17, 15) is 4.79 Å². The summed E-state index contributed by atoms with van der Waals surface area (Å²) in [5.41, 5.74) is 3.26. The molecular formula is C22H21N7O2. The highest BCUT2D eigenvalue weighted by atomic mass is 16.5. The number of amides is 2. The summed E-state index contributed by atoms with van der Waals surface area (Å²) < 4.78 is 6.79. The van der Waals surface area contributed by atoms with Crippen LogP contribution in [0.4, 0.5) is 27.9 Å². The predicted molar refractivity (Wildman–Crippen MR) is 120 cm³/mol. The van der Waals surface area contributed by atoms with E-state index in [0.29, 0.717) is 17.5 Å². The number of nitrogens with one attached hydrogen (secondary N) is 3. The van der Waals surface area contributed by atoms with Crippen molar-refractivity contribution in [1.29, 1.82) is 0 Å². The van der Waals surface area contributed by atoms with E-state index in [4.69, 9.17) is 4.74 Å². The van der Waals surface area contributed by atoms with Crippen LogP contribution in [0.1, 0.15) is 0 Å². The van der Waals surface area contributed by atoms with E-state index in [2.05, 4.69) is 31.0 Å². The largest absolute Gasteiger partial charge is 0.497 e. The molecule has 0 aliphatic carbocycles. The zero-order chi connectivity index (χ0) is 21.6. The summed E-state index contributed by atoms with van der Waals surface area (Å²) in [5.74, 6) is 1.72. The van der Waals surface area contributed by atoms with Gasteiger partial charge in [0.2, 0.25) is 5.95 Å². The van der Waals surface area contributed by atoms with Crippen LogP contribution < -0.4 is 20.7 Å². The number of nitrogens with zero attached hydrogens (tertiary/aromatic N) is 4. The van der Waals surface area contributed by atoms with Gasteiger partial charge in [-0.3, -0.25) is 10.00 Å². The van der Waals surface area contributed by atoms with Crippen LogP contribution in [0.2, 0.25) is 0 Å². The van der Waals surface area contributed by atoms with Gasteiger partial charge in [0.15, 0.2) is 5.82 Å². The van der Waals surface area contributed by atoms with Crippen molar-refractivity contribution in [1.82, 2.24) is 19.7 Å². The summed E-state index contributed by atoms with van der Waals surface area (Å²) in [5, 5.41) is 12.7. The molecule has 2 amide bonds. The van der Waals surface area contributed by atoms with Gasteiger partial charge in [-0.25, -0.2) is 14.8 Å². The molecule has 9 heteroatoms. The maximum Gasteiger partial charge on any atom is 0.324 e. The zero-order valence-electron chi connectivity index (χ0n) is 17.0. The Balaban J connectivity index is 1.39. The van der Waals surface area contributed by atoms with Crippen LogP contribution in [0.3, 0.4) is 0 Å². The van der Waals surface area contributed by atoms with Crippen LogP contribution in [-0.2, 0) is 7.05 Å². The molecular weight excluding hydrogens is 394 g/mol.